The molecule has 0 spiro atoms. The third-order valence-electron chi connectivity index (χ3n) is 5.58. The molecule has 27 heavy (non-hydrogen) atoms. The second-order valence-corrected chi connectivity index (χ2v) is 7.73. The molecule has 2 aliphatic rings. The van der Waals surface area contributed by atoms with E-state index in [1.165, 1.54) is 0 Å². The molecule has 2 unspecified atom stereocenters. The number of rotatable bonds is 7. The minimum absolute atomic E-state index is 0. The number of likely N-dealkylation sites (N-methyl/N-ethyl adjacent to an activating group) is 1. The summed E-state index contributed by atoms with van der Waals surface area (Å²) in [5.41, 5.74) is 0.527. The Morgan fingerprint density at radius 2 is 2.07 bits per heavy atom. The van der Waals surface area contributed by atoms with Gasteiger partial charge in [-0.05, 0) is 37.9 Å². The molecule has 2 aliphatic heterocycles. The number of piperazine rings is 1. The van der Waals surface area contributed by atoms with Gasteiger partial charge in [-0.2, -0.15) is 5.10 Å². The van der Waals surface area contributed by atoms with Gasteiger partial charge in [-0.1, -0.05) is 13.8 Å². The lowest BCUT2D eigenvalue weighted by Gasteiger charge is -2.35. The molecule has 1 aromatic rings. The van der Waals surface area contributed by atoms with Gasteiger partial charge in [0.25, 0.3) is 5.91 Å². The smallest absolute Gasteiger partial charge is 0.271 e. The number of halogens is 1. The lowest BCUT2D eigenvalue weighted by Crippen LogP contribution is -2.48. The summed E-state index contributed by atoms with van der Waals surface area (Å²) in [6.45, 7) is 13.9. The van der Waals surface area contributed by atoms with E-state index in [0.29, 0.717) is 24.2 Å². The monoisotopic (exact) mass is 398 g/mol. The molecule has 1 aromatic heterocycles. The van der Waals surface area contributed by atoms with Crippen LogP contribution in [-0.4, -0.2) is 84.4 Å². The average molecular weight is 399 g/mol. The van der Waals surface area contributed by atoms with E-state index in [9.17, 15) is 4.79 Å². The maximum atomic E-state index is 12.4. The normalized spacial score (nSPS) is 22.8. The SMILES string of the molecule is CCN1CCN(CC(C)CNC(=O)c2ccn(C3CCCNC3)n2)CC1.Cl. The molecule has 0 aromatic carbocycles. The summed E-state index contributed by atoms with van der Waals surface area (Å²) < 4.78 is 1.94. The van der Waals surface area contributed by atoms with Gasteiger partial charge in [-0.25, -0.2) is 0 Å². The third kappa shape index (κ3) is 6.45. The Labute approximate surface area is 169 Å². The van der Waals surface area contributed by atoms with Crippen molar-refractivity contribution in [2.45, 2.75) is 32.7 Å². The lowest BCUT2D eigenvalue weighted by molar-refractivity contribution is 0.0927. The molecule has 7 nitrogen and oxygen atoms in total. The molecule has 2 fully saturated rings. The van der Waals surface area contributed by atoms with Gasteiger partial charge in [0.2, 0.25) is 0 Å². The number of carbonyl (C=O) groups excluding carboxylic acids is 1. The predicted octanol–water partition coefficient (Wildman–Crippen LogP) is 1.23. The highest BCUT2D eigenvalue weighted by molar-refractivity contribution is 5.92. The van der Waals surface area contributed by atoms with Gasteiger partial charge in [-0.15, -0.1) is 12.4 Å². The van der Waals surface area contributed by atoms with Crippen molar-refractivity contribution >= 4 is 18.3 Å². The first kappa shape index (κ1) is 22.1. The first-order chi connectivity index (χ1) is 12.7. The van der Waals surface area contributed by atoms with Gasteiger partial charge < -0.3 is 20.4 Å². The summed E-state index contributed by atoms with van der Waals surface area (Å²) in [7, 11) is 0. The van der Waals surface area contributed by atoms with Gasteiger partial charge in [-0.3, -0.25) is 9.48 Å². The number of nitrogens with one attached hydrogen (secondary N) is 2. The molecule has 3 rings (SSSR count). The largest absolute Gasteiger partial charge is 0.350 e. The van der Waals surface area contributed by atoms with Crippen LogP contribution in [0.5, 0.6) is 0 Å². The van der Waals surface area contributed by atoms with Crippen LogP contribution >= 0.6 is 12.4 Å². The molecule has 0 radical (unpaired) electrons. The Bertz CT molecular complexity index is 566. The van der Waals surface area contributed by atoms with Crippen LogP contribution in [0.3, 0.4) is 0 Å². The van der Waals surface area contributed by atoms with Crippen molar-refractivity contribution in [1.29, 1.82) is 0 Å². The van der Waals surface area contributed by atoms with E-state index in [1.54, 1.807) is 0 Å². The third-order valence-corrected chi connectivity index (χ3v) is 5.58. The highest BCUT2D eigenvalue weighted by atomic mass is 35.5. The molecule has 2 atom stereocenters. The second-order valence-electron chi connectivity index (χ2n) is 7.73. The van der Waals surface area contributed by atoms with Gasteiger partial charge in [0, 0.05) is 52.0 Å². The fourth-order valence-electron chi connectivity index (χ4n) is 3.87. The number of aromatic nitrogens is 2. The summed E-state index contributed by atoms with van der Waals surface area (Å²) in [4.78, 5) is 17.4. The zero-order valence-electron chi connectivity index (χ0n) is 16.7. The number of carbonyl (C=O) groups is 1. The van der Waals surface area contributed by atoms with Crippen LogP contribution in [0.1, 0.15) is 43.2 Å². The Morgan fingerprint density at radius 1 is 1.33 bits per heavy atom. The highest BCUT2D eigenvalue weighted by Crippen LogP contribution is 2.15. The Hall–Kier alpha value is -1.15. The minimum atomic E-state index is -0.0600. The molecule has 0 aliphatic carbocycles. The molecule has 3 heterocycles. The molecule has 2 N–H and O–H groups in total. The molecule has 0 saturated carbocycles. The number of piperidine rings is 1. The van der Waals surface area contributed by atoms with Gasteiger partial charge in [0.05, 0.1) is 6.04 Å². The number of hydrogen-bond acceptors (Lipinski definition) is 5. The number of nitrogens with zero attached hydrogens (tertiary/aromatic N) is 4. The van der Waals surface area contributed by atoms with E-state index in [-0.39, 0.29) is 18.3 Å². The van der Waals surface area contributed by atoms with Crippen molar-refractivity contribution in [3.05, 3.63) is 18.0 Å². The maximum absolute atomic E-state index is 12.4. The standard InChI is InChI=1S/C19H34N6O.ClH/c1-3-23-9-11-24(12-10-23)15-16(2)13-21-19(26)18-6-8-25(22-18)17-5-4-7-20-14-17;/h6,8,16-17,20H,3-5,7,9-15H2,1-2H3,(H,21,26);1H. The van der Waals surface area contributed by atoms with E-state index in [0.717, 1.165) is 65.2 Å². The van der Waals surface area contributed by atoms with Gasteiger partial charge in [0.15, 0.2) is 0 Å². The Kier molecular flexibility index (Phi) is 9.02. The second kappa shape index (κ2) is 11.0. The van der Waals surface area contributed by atoms with Gasteiger partial charge >= 0.3 is 0 Å². The molecule has 8 heteroatoms. The molecular formula is C19H35ClN6O. The molecule has 154 valence electrons. The van der Waals surface area contributed by atoms with Crippen molar-refractivity contribution in [2.24, 2.45) is 5.92 Å². The first-order valence-corrected chi connectivity index (χ1v) is 10.1. The molecule has 1 amide bonds. The Morgan fingerprint density at radius 3 is 2.74 bits per heavy atom. The average Bonchev–Trinajstić information content (AvgIpc) is 3.18. The summed E-state index contributed by atoms with van der Waals surface area (Å²) in [5, 5.41) is 10.9. The lowest BCUT2D eigenvalue weighted by atomic mass is 10.1. The van der Waals surface area contributed by atoms with E-state index in [1.807, 2.05) is 16.9 Å². The van der Waals surface area contributed by atoms with E-state index < -0.39 is 0 Å². The number of amides is 1. The summed E-state index contributed by atoms with van der Waals surface area (Å²) >= 11 is 0. The van der Waals surface area contributed by atoms with Crippen LogP contribution in [0.4, 0.5) is 0 Å². The summed E-state index contributed by atoms with van der Waals surface area (Å²) in [6, 6.07) is 2.20. The van der Waals surface area contributed by atoms with E-state index >= 15 is 0 Å². The topological polar surface area (TPSA) is 65.4 Å². The first-order valence-electron chi connectivity index (χ1n) is 10.1. The Balaban J connectivity index is 0.00000261. The fraction of sp³-hybridized carbons (Fsp3) is 0.789. The maximum Gasteiger partial charge on any atom is 0.271 e. The van der Waals surface area contributed by atoms with Crippen LogP contribution in [0, 0.1) is 5.92 Å². The highest BCUT2D eigenvalue weighted by Gasteiger charge is 2.20. The zero-order chi connectivity index (χ0) is 18.4. The molecule has 2 saturated heterocycles. The van der Waals surface area contributed by atoms with Crippen LogP contribution in [0.25, 0.3) is 0 Å². The van der Waals surface area contributed by atoms with Crippen molar-refractivity contribution in [3.8, 4) is 0 Å². The zero-order valence-corrected chi connectivity index (χ0v) is 17.5. The van der Waals surface area contributed by atoms with Crippen molar-refractivity contribution in [1.82, 2.24) is 30.2 Å². The van der Waals surface area contributed by atoms with Crippen molar-refractivity contribution in [3.63, 3.8) is 0 Å². The van der Waals surface area contributed by atoms with E-state index in [2.05, 4.69) is 39.4 Å². The van der Waals surface area contributed by atoms with Crippen molar-refractivity contribution in [2.75, 3.05) is 58.9 Å². The van der Waals surface area contributed by atoms with E-state index in [4.69, 9.17) is 0 Å². The van der Waals surface area contributed by atoms with Crippen LogP contribution in [0.15, 0.2) is 12.3 Å². The quantitative estimate of drug-likeness (QED) is 0.723. The summed E-state index contributed by atoms with van der Waals surface area (Å²) in [6.07, 6.45) is 4.22. The number of hydrogen-bond donors (Lipinski definition) is 2. The summed E-state index contributed by atoms with van der Waals surface area (Å²) in [5.74, 6) is 0.381. The van der Waals surface area contributed by atoms with Gasteiger partial charge in [0.1, 0.15) is 5.69 Å². The van der Waals surface area contributed by atoms with Crippen LogP contribution in [-0.2, 0) is 0 Å². The minimum Gasteiger partial charge on any atom is -0.350 e. The fourth-order valence-corrected chi connectivity index (χ4v) is 3.87. The molecule has 0 bridgehead atoms. The van der Waals surface area contributed by atoms with Crippen molar-refractivity contribution < 1.29 is 4.79 Å². The predicted molar refractivity (Wildman–Crippen MR) is 111 cm³/mol. The van der Waals surface area contributed by atoms with Crippen LogP contribution < -0.4 is 10.6 Å². The molecular weight excluding hydrogens is 364 g/mol. The van der Waals surface area contributed by atoms with Crippen LogP contribution in [0.2, 0.25) is 0 Å².